The van der Waals surface area contributed by atoms with Gasteiger partial charge in [0, 0.05) is 6.42 Å². The van der Waals surface area contributed by atoms with Crippen molar-refractivity contribution >= 4 is 23.7 Å². The van der Waals surface area contributed by atoms with E-state index < -0.39 is 47.9 Å². The summed E-state index contributed by atoms with van der Waals surface area (Å²) in [5, 5.41) is 25.8. The highest BCUT2D eigenvalue weighted by Gasteiger charge is 2.26. The summed E-state index contributed by atoms with van der Waals surface area (Å²) in [5.74, 6) is -3.01. The lowest BCUT2D eigenvalue weighted by molar-refractivity contribution is -0.142. The first kappa shape index (κ1) is 22.9. The number of carboxylic acid groups (broad SMARTS) is 1. The topological polar surface area (TPSA) is 171 Å². The number of carboxylic acids is 1. The third-order valence-electron chi connectivity index (χ3n) is 3.91. The molecule has 4 unspecified atom stereocenters. The van der Waals surface area contributed by atoms with Crippen LogP contribution in [0.2, 0.25) is 0 Å². The van der Waals surface area contributed by atoms with Crippen LogP contribution >= 0.6 is 0 Å². The zero-order valence-corrected chi connectivity index (χ0v) is 15.9. The van der Waals surface area contributed by atoms with Crippen LogP contribution in [-0.2, 0) is 25.6 Å². The standard InChI is InChI=1S/C18H26N4O6/c1-9(19)15(24)20-10(2)16(25)21-11(3)17(26)22-14(18(27)28)8-12-4-6-13(23)7-5-12/h4-7,9-11,14,23H,8,19H2,1-3H3,(H,20,24)(H,21,25)(H,22,26)(H,27,28). The predicted octanol–water partition coefficient (Wildman–Crippen LogP) is -1.14. The fraction of sp³-hybridized carbons (Fsp3) is 0.444. The number of carbonyl (C=O) groups is 4. The normalized spacial score (nSPS) is 14.9. The summed E-state index contributed by atoms with van der Waals surface area (Å²) in [6, 6.07) is 1.98. The second-order valence-electron chi connectivity index (χ2n) is 6.52. The van der Waals surface area contributed by atoms with Crippen molar-refractivity contribution in [2.75, 3.05) is 0 Å². The van der Waals surface area contributed by atoms with Crippen LogP contribution in [0.5, 0.6) is 5.75 Å². The molecule has 7 N–H and O–H groups in total. The quantitative estimate of drug-likeness (QED) is 0.307. The Kier molecular flexibility index (Phi) is 8.39. The van der Waals surface area contributed by atoms with Gasteiger partial charge in [-0.05, 0) is 38.5 Å². The van der Waals surface area contributed by atoms with Crippen molar-refractivity contribution in [1.82, 2.24) is 16.0 Å². The lowest BCUT2D eigenvalue weighted by Crippen LogP contribution is -2.55. The average Bonchev–Trinajstić information content (AvgIpc) is 2.62. The van der Waals surface area contributed by atoms with Crippen molar-refractivity contribution in [2.45, 2.75) is 51.4 Å². The van der Waals surface area contributed by atoms with Gasteiger partial charge < -0.3 is 31.9 Å². The molecule has 28 heavy (non-hydrogen) atoms. The van der Waals surface area contributed by atoms with Crippen LogP contribution in [0, 0.1) is 0 Å². The lowest BCUT2D eigenvalue weighted by atomic mass is 10.1. The monoisotopic (exact) mass is 394 g/mol. The number of nitrogens with two attached hydrogens (primary N) is 1. The molecule has 0 aromatic heterocycles. The Bertz CT molecular complexity index is 719. The summed E-state index contributed by atoms with van der Waals surface area (Å²) >= 11 is 0. The van der Waals surface area contributed by atoms with E-state index in [2.05, 4.69) is 16.0 Å². The van der Waals surface area contributed by atoms with Gasteiger partial charge in [0.15, 0.2) is 0 Å². The van der Waals surface area contributed by atoms with Gasteiger partial charge in [-0.15, -0.1) is 0 Å². The third kappa shape index (κ3) is 7.23. The highest BCUT2D eigenvalue weighted by Crippen LogP contribution is 2.11. The molecule has 1 rings (SSSR count). The highest BCUT2D eigenvalue weighted by atomic mass is 16.4. The molecule has 10 nitrogen and oxygen atoms in total. The number of benzene rings is 1. The molecule has 0 aliphatic rings. The molecule has 154 valence electrons. The van der Waals surface area contributed by atoms with Crippen molar-refractivity contribution in [3.8, 4) is 5.75 Å². The average molecular weight is 394 g/mol. The maximum Gasteiger partial charge on any atom is 0.326 e. The maximum atomic E-state index is 12.3. The van der Waals surface area contributed by atoms with Gasteiger partial charge in [0.2, 0.25) is 17.7 Å². The second-order valence-corrected chi connectivity index (χ2v) is 6.52. The first-order chi connectivity index (χ1) is 13.0. The van der Waals surface area contributed by atoms with Gasteiger partial charge in [0.1, 0.15) is 23.9 Å². The Morgan fingerprint density at radius 2 is 1.36 bits per heavy atom. The van der Waals surface area contributed by atoms with Crippen LogP contribution in [0.4, 0.5) is 0 Å². The molecule has 0 aliphatic carbocycles. The van der Waals surface area contributed by atoms with E-state index in [0.717, 1.165) is 0 Å². The van der Waals surface area contributed by atoms with E-state index >= 15 is 0 Å². The molecular formula is C18H26N4O6. The van der Waals surface area contributed by atoms with Gasteiger partial charge in [-0.25, -0.2) is 4.79 Å². The van der Waals surface area contributed by atoms with E-state index in [9.17, 15) is 29.4 Å². The minimum Gasteiger partial charge on any atom is -0.508 e. The molecule has 10 heteroatoms. The molecule has 0 saturated heterocycles. The van der Waals surface area contributed by atoms with Gasteiger partial charge in [-0.2, -0.15) is 0 Å². The Morgan fingerprint density at radius 1 is 0.893 bits per heavy atom. The molecule has 1 aromatic rings. The minimum absolute atomic E-state index is 0.00285. The van der Waals surface area contributed by atoms with E-state index in [-0.39, 0.29) is 12.2 Å². The number of carbonyl (C=O) groups excluding carboxylic acids is 3. The lowest BCUT2D eigenvalue weighted by Gasteiger charge is -2.21. The number of amides is 3. The number of nitrogens with one attached hydrogen (secondary N) is 3. The maximum absolute atomic E-state index is 12.3. The van der Waals surface area contributed by atoms with Crippen molar-refractivity contribution in [2.24, 2.45) is 5.73 Å². The Morgan fingerprint density at radius 3 is 1.82 bits per heavy atom. The van der Waals surface area contributed by atoms with Crippen molar-refractivity contribution < 1.29 is 29.4 Å². The number of phenols is 1. The van der Waals surface area contributed by atoms with Crippen molar-refractivity contribution in [3.63, 3.8) is 0 Å². The van der Waals surface area contributed by atoms with Crippen LogP contribution in [0.15, 0.2) is 24.3 Å². The predicted molar refractivity (Wildman–Crippen MR) is 100 cm³/mol. The molecule has 4 atom stereocenters. The summed E-state index contributed by atoms with van der Waals surface area (Å²) in [7, 11) is 0. The van der Waals surface area contributed by atoms with Gasteiger partial charge in [0.25, 0.3) is 0 Å². The number of rotatable bonds is 9. The molecule has 0 radical (unpaired) electrons. The van der Waals surface area contributed by atoms with Gasteiger partial charge in [0.05, 0.1) is 6.04 Å². The summed E-state index contributed by atoms with van der Waals surface area (Å²) in [6.45, 7) is 4.30. The fourth-order valence-corrected chi connectivity index (χ4v) is 2.18. The third-order valence-corrected chi connectivity index (χ3v) is 3.91. The van der Waals surface area contributed by atoms with Crippen LogP contribution in [0.1, 0.15) is 26.3 Å². The Hall–Kier alpha value is -3.14. The fourth-order valence-electron chi connectivity index (χ4n) is 2.18. The molecule has 0 saturated carbocycles. The van der Waals surface area contributed by atoms with E-state index in [1.165, 1.54) is 32.9 Å². The van der Waals surface area contributed by atoms with Gasteiger partial charge in [-0.1, -0.05) is 12.1 Å². The van der Waals surface area contributed by atoms with E-state index in [1.54, 1.807) is 12.1 Å². The largest absolute Gasteiger partial charge is 0.508 e. The Labute approximate surface area is 162 Å². The number of aliphatic carboxylic acids is 1. The van der Waals surface area contributed by atoms with Crippen molar-refractivity contribution in [1.29, 1.82) is 0 Å². The molecular weight excluding hydrogens is 368 g/mol. The van der Waals surface area contributed by atoms with E-state index in [0.29, 0.717) is 5.56 Å². The molecule has 1 aromatic carbocycles. The number of hydrogen-bond acceptors (Lipinski definition) is 6. The molecule has 0 bridgehead atoms. The molecule has 0 fully saturated rings. The minimum atomic E-state index is -1.24. The number of aromatic hydroxyl groups is 1. The number of phenolic OH excluding ortho intramolecular Hbond substituents is 1. The van der Waals surface area contributed by atoms with Crippen molar-refractivity contribution in [3.05, 3.63) is 29.8 Å². The van der Waals surface area contributed by atoms with Crippen LogP contribution < -0.4 is 21.7 Å². The smallest absolute Gasteiger partial charge is 0.326 e. The van der Waals surface area contributed by atoms with Gasteiger partial charge >= 0.3 is 5.97 Å². The second kappa shape index (κ2) is 10.3. The van der Waals surface area contributed by atoms with Crippen LogP contribution in [-0.4, -0.2) is 58.1 Å². The zero-order chi connectivity index (χ0) is 21.4. The molecule has 0 heterocycles. The van der Waals surface area contributed by atoms with E-state index in [1.807, 2.05) is 0 Å². The van der Waals surface area contributed by atoms with Crippen LogP contribution in [0.25, 0.3) is 0 Å². The summed E-state index contributed by atoms with van der Waals surface area (Å²) in [5.41, 5.74) is 6.02. The number of hydrogen-bond donors (Lipinski definition) is 6. The summed E-state index contributed by atoms with van der Waals surface area (Å²) in [6.07, 6.45) is 0.00285. The van der Waals surface area contributed by atoms with E-state index in [4.69, 9.17) is 5.73 Å². The van der Waals surface area contributed by atoms with Crippen LogP contribution in [0.3, 0.4) is 0 Å². The SMILES string of the molecule is CC(N)C(=O)NC(C)C(=O)NC(C)C(=O)NC(Cc1ccc(O)cc1)C(=O)O. The summed E-state index contributed by atoms with van der Waals surface area (Å²) < 4.78 is 0. The first-order valence-corrected chi connectivity index (χ1v) is 8.68. The molecule has 0 spiro atoms. The molecule has 0 aliphatic heterocycles. The first-order valence-electron chi connectivity index (χ1n) is 8.68. The summed E-state index contributed by atoms with van der Waals surface area (Å²) in [4.78, 5) is 47.3. The van der Waals surface area contributed by atoms with Gasteiger partial charge in [-0.3, -0.25) is 14.4 Å². The highest BCUT2D eigenvalue weighted by molar-refractivity contribution is 5.93. The zero-order valence-electron chi connectivity index (χ0n) is 15.9. The molecule has 3 amide bonds. The Balaban J connectivity index is 2.64.